The van der Waals surface area contributed by atoms with Gasteiger partial charge in [0, 0.05) is 25.2 Å². The Labute approximate surface area is 213 Å². The molecular weight excluding hydrogens is 466 g/mol. The van der Waals surface area contributed by atoms with Crippen molar-refractivity contribution in [3.05, 3.63) is 23.8 Å². The highest BCUT2D eigenvalue weighted by Gasteiger charge is 2.30. The zero-order valence-corrected chi connectivity index (χ0v) is 22.2. The number of aliphatic carboxylic acids is 1. The SMILES string of the molecule is CCC(=O)OC(C)CC(c1ccc(OC(=O)CC(C)CC)c(OC(=O)CC(C)CC)c1)[C@H](N)C(=O)O. The fraction of sp³-hybridized carbons (Fsp3) is 0.630. The molecule has 0 amide bonds. The molecular formula is C27H41NO8. The van der Waals surface area contributed by atoms with E-state index in [1.807, 2.05) is 27.7 Å². The number of carbonyl (C=O) groups excluding carboxylic acids is 3. The van der Waals surface area contributed by atoms with Gasteiger partial charge < -0.3 is 25.1 Å². The fourth-order valence-corrected chi connectivity index (χ4v) is 3.48. The average molecular weight is 508 g/mol. The summed E-state index contributed by atoms with van der Waals surface area (Å²) in [7, 11) is 0. The van der Waals surface area contributed by atoms with E-state index in [4.69, 9.17) is 19.9 Å². The maximum absolute atomic E-state index is 12.6. The van der Waals surface area contributed by atoms with Crippen LogP contribution in [-0.4, -0.2) is 41.1 Å². The summed E-state index contributed by atoms with van der Waals surface area (Å²) in [4.78, 5) is 48.4. The van der Waals surface area contributed by atoms with Gasteiger partial charge in [0.1, 0.15) is 6.04 Å². The standard InChI is InChI=1S/C27H41NO8/c1-7-16(4)12-24(30)35-21-11-10-19(15-22(21)36-25(31)13-17(5)8-2)20(26(28)27(32)33)14-18(6)34-23(29)9-3/h10-11,15-18,20,26H,7-9,12-14,28H2,1-6H3,(H,32,33)/t16?,17?,18?,20?,26-/m0/s1. The van der Waals surface area contributed by atoms with Crippen LogP contribution >= 0.6 is 0 Å². The summed E-state index contributed by atoms with van der Waals surface area (Å²) in [5.41, 5.74) is 6.45. The van der Waals surface area contributed by atoms with Gasteiger partial charge in [-0.25, -0.2) is 0 Å². The van der Waals surface area contributed by atoms with Crippen molar-refractivity contribution in [1.82, 2.24) is 0 Å². The fourth-order valence-electron chi connectivity index (χ4n) is 3.48. The second kappa shape index (κ2) is 15.2. The van der Waals surface area contributed by atoms with E-state index in [0.717, 1.165) is 12.8 Å². The van der Waals surface area contributed by atoms with Crippen molar-refractivity contribution < 1.29 is 38.5 Å². The van der Waals surface area contributed by atoms with Crippen LogP contribution in [0.15, 0.2) is 18.2 Å². The van der Waals surface area contributed by atoms with E-state index in [9.17, 15) is 24.3 Å². The zero-order chi connectivity index (χ0) is 27.4. The molecule has 0 fully saturated rings. The first-order valence-electron chi connectivity index (χ1n) is 12.6. The minimum Gasteiger partial charge on any atom is -0.480 e. The summed E-state index contributed by atoms with van der Waals surface area (Å²) in [6.07, 6.45) is 1.68. The molecule has 0 aliphatic carbocycles. The molecule has 0 radical (unpaired) electrons. The molecule has 4 unspecified atom stereocenters. The number of carboxylic acids is 1. The van der Waals surface area contributed by atoms with Crippen molar-refractivity contribution in [2.24, 2.45) is 17.6 Å². The molecule has 0 spiro atoms. The molecule has 1 rings (SSSR count). The van der Waals surface area contributed by atoms with E-state index in [2.05, 4.69) is 0 Å². The van der Waals surface area contributed by atoms with Crippen LogP contribution in [-0.2, 0) is 23.9 Å². The summed E-state index contributed by atoms with van der Waals surface area (Å²) in [5.74, 6) is -3.06. The topological polar surface area (TPSA) is 142 Å². The lowest BCUT2D eigenvalue weighted by Crippen LogP contribution is -2.38. The van der Waals surface area contributed by atoms with Gasteiger partial charge >= 0.3 is 23.9 Å². The molecule has 202 valence electrons. The minimum absolute atomic E-state index is 0.0131. The molecule has 3 N–H and O–H groups in total. The van der Waals surface area contributed by atoms with Crippen LogP contribution in [0.2, 0.25) is 0 Å². The lowest BCUT2D eigenvalue weighted by Gasteiger charge is -2.25. The Kier molecular flexibility index (Phi) is 13.2. The summed E-state index contributed by atoms with van der Waals surface area (Å²) < 4.78 is 16.4. The van der Waals surface area contributed by atoms with Crippen LogP contribution in [0.3, 0.4) is 0 Å². The van der Waals surface area contributed by atoms with E-state index in [1.54, 1.807) is 19.9 Å². The van der Waals surface area contributed by atoms with Crippen LogP contribution in [0.5, 0.6) is 11.5 Å². The molecule has 0 saturated heterocycles. The number of benzene rings is 1. The summed E-state index contributed by atoms with van der Waals surface area (Å²) in [6.45, 7) is 11.1. The van der Waals surface area contributed by atoms with Crippen molar-refractivity contribution in [3.8, 4) is 11.5 Å². The quantitative estimate of drug-likeness (QED) is 0.257. The number of carboxylic acid groups (broad SMARTS) is 1. The Morgan fingerprint density at radius 2 is 1.39 bits per heavy atom. The number of hydrogen-bond acceptors (Lipinski definition) is 8. The first-order valence-corrected chi connectivity index (χ1v) is 12.6. The number of nitrogens with two attached hydrogens (primary N) is 1. The molecule has 9 heteroatoms. The first kappa shape index (κ1) is 31.1. The van der Waals surface area contributed by atoms with Gasteiger partial charge in [-0.1, -0.05) is 53.5 Å². The molecule has 0 bridgehead atoms. The predicted molar refractivity (Wildman–Crippen MR) is 135 cm³/mol. The van der Waals surface area contributed by atoms with Gasteiger partial charge in [0.15, 0.2) is 11.5 Å². The molecule has 1 aromatic carbocycles. The van der Waals surface area contributed by atoms with Crippen LogP contribution in [0.4, 0.5) is 0 Å². The Morgan fingerprint density at radius 3 is 1.86 bits per heavy atom. The van der Waals surface area contributed by atoms with E-state index >= 15 is 0 Å². The van der Waals surface area contributed by atoms with E-state index < -0.39 is 41.9 Å². The number of esters is 3. The Balaban J connectivity index is 3.36. The summed E-state index contributed by atoms with van der Waals surface area (Å²) in [6, 6.07) is 3.22. The van der Waals surface area contributed by atoms with Gasteiger partial charge in [-0.3, -0.25) is 19.2 Å². The maximum atomic E-state index is 12.6. The molecule has 0 aliphatic heterocycles. The number of hydrogen-bond donors (Lipinski definition) is 2. The largest absolute Gasteiger partial charge is 0.480 e. The van der Waals surface area contributed by atoms with E-state index in [1.165, 1.54) is 12.1 Å². The Hall–Kier alpha value is -2.94. The van der Waals surface area contributed by atoms with Gasteiger partial charge in [-0.2, -0.15) is 0 Å². The molecule has 0 aromatic heterocycles. The second-order valence-electron chi connectivity index (χ2n) is 9.45. The lowest BCUT2D eigenvalue weighted by molar-refractivity contribution is -0.148. The normalized spacial score (nSPS) is 15.2. The second-order valence-corrected chi connectivity index (χ2v) is 9.45. The van der Waals surface area contributed by atoms with E-state index in [-0.39, 0.29) is 49.0 Å². The summed E-state index contributed by atoms with van der Waals surface area (Å²) in [5, 5.41) is 9.59. The van der Waals surface area contributed by atoms with Crippen LogP contribution in [0.1, 0.15) is 91.5 Å². The highest BCUT2D eigenvalue weighted by atomic mass is 16.6. The molecule has 0 aliphatic rings. The molecule has 0 saturated carbocycles. The average Bonchev–Trinajstić information content (AvgIpc) is 2.82. The molecule has 9 nitrogen and oxygen atoms in total. The van der Waals surface area contributed by atoms with E-state index in [0.29, 0.717) is 5.56 Å². The Bertz CT molecular complexity index is 900. The lowest BCUT2D eigenvalue weighted by atomic mass is 9.87. The van der Waals surface area contributed by atoms with Crippen molar-refractivity contribution in [2.75, 3.05) is 0 Å². The third-order valence-electron chi connectivity index (χ3n) is 6.19. The molecule has 1 aromatic rings. The number of carbonyl (C=O) groups is 4. The smallest absolute Gasteiger partial charge is 0.321 e. The Morgan fingerprint density at radius 1 is 0.861 bits per heavy atom. The van der Waals surface area contributed by atoms with Crippen LogP contribution in [0.25, 0.3) is 0 Å². The highest BCUT2D eigenvalue weighted by molar-refractivity contribution is 5.77. The van der Waals surface area contributed by atoms with Gasteiger partial charge in [-0.15, -0.1) is 0 Å². The summed E-state index contributed by atoms with van der Waals surface area (Å²) >= 11 is 0. The highest BCUT2D eigenvalue weighted by Crippen LogP contribution is 2.35. The molecule has 0 heterocycles. The maximum Gasteiger partial charge on any atom is 0.321 e. The van der Waals surface area contributed by atoms with Crippen molar-refractivity contribution in [2.45, 2.75) is 98.1 Å². The third-order valence-corrected chi connectivity index (χ3v) is 6.19. The minimum atomic E-state index is -1.31. The number of rotatable bonds is 15. The third kappa shape index (κ3) is 10.4. The van der Waals surface area contributed by atoms with Crippen LogP contribution in [0, 0.1) is 11.8 Å². The van der Waals surface area contributed by atoms with Crippen LogP contribution < -0.4 is 15.2 Å². The van der Waals surface area contributed by atoms with Crippen molar-refractivity contribution in [1.29, 1.82) is 0 Å². The predicted octanol–water partition coefficient (Wildman–Crippen LogP) is 4.60. The van der Waals surface area contributed by atoms with Gasteiger partial charge in [0.25, 0.3) is 0 Å². The monoisotopic (exact) mass is 507 g/mol. The van der Waals surface area contributed by atoms with Crippen molar-refractivity contribution >= 4 is 23.9 Å². The first-order chi connectivity index (χ1) is 16.9. The van der Waals surface area contributed by atoms with Gasteiger partial charge in [0.05, 0.1) is 6.10 Å². The number of ether oxygens (including phenoxy) is 3. The molecule has 5 atom stereocenters. The molecule has 36 heavy (non-hydrogen) atoms. The van der Waals surface area contributed by atoms with Crippen molar-refractivity contribution in [3.63, 3.8) is 0 Å². The van der Waals surface area contributed by atoms with Gasteiger partial charge in [-0.05, 0) is 42.9 Å². The van der Waals surface area contributed by atoms with Gasteiger partial charge in [0.2, 0.25) is 0 Å². The zero-order valence-electron chi connectivity index (χ0n) is 22.2.